The molecule has 2 saturated heterocycles. The van der Waals surface area contributed by atoms with Crippen LogP contribution in [0.1, 0.15) is 64.7 Å². The summed E-state index contributed by atoms with van der Waals surface area (Å²) in [6, 6.07) is 0. The molecule has 1 N–H and O–H groups in total. The minimum Gasteiger partial charge on any atom is -0.454 e. The number of carbonyl (C=O) groups excluding carboxylic acids is 2. The van der Waals surface area contributed by atoms with E-state index in [-0.39, 0.29) is 18.0 Å². The third kappa shape index (κ3) is 6.50. The zero-order valence-electron chi connectivity index (χ0n) is 14.6. The van der Waals surface area contributed by atoms with E-state index in [0.29, 0.717) is 19.4 Å². The van der Waals surface area contributed by atoms with Gasteiger partial charge in [0.15, 0.2) is 6.10 Å². The first-order valence-electron chi connectivity index (χ1n) is 9.50. The normalized spacial score (nSPS) is 20.7. The highest BCUT2D eigenvalue weighted by Gasteiger charge is 2.28. The number of esters is 1. The third-order valence-corrected chi connectivity index (χ3v) is 4.95. The van der Waals surface area contributed by atoms with E-state index in [2.05, 4.69) is 6.92 Å². The molecule has 0 aromatic rings. The summed E-state index contributed by atoms with van der Waals surface area (Å²) < 4.78 is 5.76. The quantitative estimate of drug-likeness (QED) is 0.511. The zero-order valence-corrected chi connectivity index (χ0v) is 14.6. The molecule has 0 bridgehead atoms. The molecule has 2 fully saturated rings. The summed E-state index contributed by atoms with van der Waals surface area (Å²) >= 11 is 0. The van der Waals surface area contributed by atoms with Crippen molar-refractivity contribution in [2.45, 2.75) is 70.8 Å². The highest BCUT2D eigenvalue weighted by Crippen LogP contribution is 2.12. The van der Waals surface area contributed by atoms with Gasteiger partial charge in [0.25, 0.3) is 0 Å². The van der Waals surface area contributed by atoms with Crippen molar-refractivity contribution in [2.75, 3.05) is 32.7 Å². The number of ether oxygens (including phenoxy) is 1. The van der Waals surface area contributed by atoms with Gasteiger partial charge in [-0.15, -0.1) is 0 Å². The van der Waals surface area contributed by atoms with Gasteiger partial charge in [0.2, 0.25) is 5.91 Å². The van der Waals surface area contributed by atoms with E-state index in [1.165, 1.54) is 24.2 Å². The van der Waals surface area contributed by atoms with Gasteiger partial charge in [-0.2, -0.15) is 0 Å². The van der Waals surface area contributed by atoms with Crippen molar-refractivity contribution >= 4 is 11.9 Å². The van der Waals surface area contributed by atoms with Crippen LogP contribution in [0.2, 0.25) is 0 Å². The van der Waals surface area contributed by atoms with Crippen LogP contribution in [-0.2, 0) is 14.3 Å². The molecule has 5 nitrogen and oxygen atoms in total. The Balaban J connectivity index is 1.84. The summed E-state index contributed by atoms with van der Waals surface area (Å²) in [4.78, 5) is 27.4. The maximum absolute atomic E-state index is 12.1. The van der Waals surface area contributed by atoms with Gasteiger partial charge in [-0.1, -0.05) is 19.8 Å². The van der Waals surface area contributed by atoms with E-state index in [1.807, 2.05) is 4.90 Å². The summed E-state index contributed by atoms with van der Waals surface area (Å²) in [7, 11) is 0. The van der Waals surface area contributed by atoms with Crippen LogP contribution in [0.5, 0.6) is 0 Å². The van der Waals surface area contributed by atoms with Crippen molar-refractivity contribution in [1.29, 1.82) is 0 Å². The molecule has 0 aromatic heterocycles. The second kappa shape index (κ2) is 9.91. The van der Waals surface area contributed by atoms with Crippen LogP contribution in [-0.4, -0.2) is 55.6 Å². The lowest BCUT2D eigenvalue weighted by molar-refractivity contribution is -0.907. The number of hydrogen-bond acceptors (Lipinski definition) is 3. The highest BCUT2D eigenvalue weighted by atomic mass is 16.5. The van der Waals surface area contributed by atoms with Gasteiger partial charge in [0.1, 0.15) is 6.54 Å². The van der Waals surface area contributed by atoms with Crippen molar-refractivity contribution in [1.82, 2.24) is 4.90 Å². The van der Waals surface area contributed by atoms with Gasteiger partial charge in [-0.3, -0.25) is 9.59 Å². The van der Waals surface area contributed by atoms with Crippen LogP contribution in [0, 0.1) is 0 Å². The minimum atomic E-state index is -0.140. The summed E-state index contributed by atoms with van der Waals surface area (Å²) in [6.07, 6.45) is 8.87. The molecule has 5 heteroatoms. The fourth-order valence-corrected chi connectivity index (χ4v) is 3.63. The van der Waals surface area contributed by atoms with Crippen molar-refractivity contribution in [3.05, 3.63) is 0 Å². The van der Waals surface area contributed by atoms with Gasteiger partial charge >= 0.3 is 5.97 Å². The first-order chi connectivity index (χ1) is 11.2. The number of likely N-dealkylation sites (tertiary alicyclic amines) is 2. The van der Waals surface area contributed by atoms with Gasteiger partial charge in [0, 0.05) is 19.4 Å². The fourth-order valence-electron chi connectivity index (χ4n) is 3.63. The molecule has 2 heterocycles. The molecule has 0 aliphatic carbocycles. The topological polar surface area (TPSA) is 51.0 Å². The average molecular weight is 325 g/mol. The van der Waals surface area contributed by atoms with E-state index in [4.69, 9.17) is 4.74 Å². The van der Waals surface area contributed by atoms with E-state index in [1.54, 1.807) is 0 Å². The third-order valence-electron chi connectivity index (χ3n) is 4.95. The Morgan fingerprint density at radius 3 is 2.65 bits per heavy atom. The molecular formula is C18H33N2O3+. The van der Waals surface area contributed by atoms with Crippen LogP contribution >= 0.6 is 0 Å². The Morgan fingerprint density at radius 1 is 1.22 bits per heavy atom. The molecule has 1 atom stereocenters. The molecule has 0 saturated carbocycles. The lowest BCUT2D eigenvalue weighted by Gasteiger charge is -2.29. The Labute approximate surface area is 140 Å². The second-order valence-electron chi connectivity index (χ2n) is 7.03. The molecule has 132 valence electrons. The first-order valence-corrected chi connectivity index (χ1v) is 9.50. The van der Waals surface area contributed by atoms with Crippen LogP contribution in [0.3, 0.4) is 0 Å². The summed E-state index contributed by atoms with van der Waals surface area (Å²) in [6.45, 7) is 6.71. The maximum atomic E-state index is 12.1. The number of piperidine rings is 1. The molecule has 0 radical (unpaired) electrons. The van der Waals surface area contributed by atoms with Gasteiger partial charge in [0.05, 0.1) is 19.6 Å². The molecule has 0 unspecified atom stereocenters. The molecular weight excluding hydrogens is 292 g/mol. The zero-order chi connectivity index (χ0) is 16.5. The number of amides is 1. The van der Waals surface area contributed by atoms with Gasteiger partial charge in [-0.05, 0) is 32.1 Å². The average Bonchev–Trinajstić information content (AvgIpc) is 2.93. The summed E-state index contributed by atoms with van der Waals surface area (Å²) in [5, 5.41) is 0. The van der Waals surface area contributed by atoms with Crippen LogP contribution in [0.25, 0.3) is 0 Å². The highest BCUT2D eigenvalue weighted by molar-refractivity contribution is 5.78. The van der Waals surface area contributed by atoms with Crippen molar-refractivity contribution in [2.24, 2.45) is 0 Å². The van der Waals surface area contributed by atoms with Crippen molar-refractivity contribution in [3.63, 3.8) is 0 Å². The number of quaternary nitrogens is 1. The number of nitrogens with one attached hydrogen (secondary N) is 1. The summed E-state index contributed by atoms with van der Waals surface area (Å²) in [5.74, 6) is 0.122. The molecule has 0 spiro atoms. The van der Waals surface area contributed by atoms with E-state index < -0.39 is 0 Å². The molecule has 2 aliphatic rings. The molecule has 2 aliphatic heterocycles. The van der Waals surface area contributed by atoms with Crippen LogP contribution in [0.15, 0.2) is 0 Å². The predicted octanol–water partition coefficient (Wildman–Crippen LogP) is 1.17. The predicted molar refractivity (Wildman–Crippen MR) is 89.3 cm³/mol. The Morgan fingerprint density at radius 2 is 2.00 bits per heavy atom. The lowest BCUT2D eigenvalue weighted by Crippen LogP contribution is -3.14. The molecule has 23 heavy (non-hydrogen) atoms. The fraction of sp³-hybridized carbons (Fsp3) is 0.889. The first kappa shape index (κ1) is 18.2. The van der Waals surface area contributed by atoms with Crippen molar-refractivity contribution < 1.29 is 19.2 Å². The molecule has 1 amide bonds. The standard InChI is InChI=1S/C18H32N2O3/c1-2-3-5-10-18(22)23-16(14-19-11-6-4-7-12-19)15-20-13-8-9-17(20)21/h16H,2-15H2,1H3/p+1/t16-/m1/s1. The Bertz CT molecular complexity index is 380. The Kier molecular flexibility index (Phi) is 7.86. The SMILES string of the molecule is CCCCCC(=O)O[C@@H](CN1CCCC1=O)C[NH+]1CCCCC1. The maximum Gasteiger partial charge on any atom is 0.306 e. The smallest absolute Gasteiger partial charge is 0.306 e. The largest absolute Gasteiger partial charge is 0.454 e. The second-order valence-corrected chi connectivity index (χ2v) is 7.03. The summed E-state index contributed by atoms with van der Waals surface area (Å²) in [5.41, 5.74) is 0. The van der Waals surface area contributed by atoms with Crippen molar-refractivity contribution in [3.8, 4) is 0 Å². The Hall–Kier alpha value is -1.10. The van der Waals surface area contributed by atoms with Crippen LogP contribution < -0.4 is 4.90 Å². The van der Waals surface area contributed by atoms with E-state index >= 15 is 0 Å². The van der Waals surface area contributed by atoms with Gasteiger partial charge in [-0.25, -0.2) is 0 Å². The molecule has 0 aromatic carbocycles. The monoisotopic (exact) mass is 325 g/mol. The molecule has 2 rings (SSSR count). The number of hydrogen-bond donors (Lipinski definition) is 1. The minimum absolute atomic E-state index is 0.0912. The lowest BCUT2D eigenvalue weighted by atomic mass is 10.1. The van der Waals surface area contributed by atoms with Gasteiger partial charge < -0.3 is 14.5 Å². The number of unbranched alkanes of at least 4 members (excludes halogenated alkanes) is 2. The van der Waals surface area contributed by atoms with Crippen LogP contribution in [0.4, 0.5) is 0 Å². The number of nitrogens with zero attached hydrogens (tertiary/aromatic N) is 1. The van der Waals surface area contributed by atoms with E-state index in [9.17, 15) is 9.59 Å². The number of carbonyl (C=O) groups is 2. The number of rotatable bonds is 9. The van der Waals surface area contributed by atoms with E-state index in [0.717, 1.165) is 51.9 Å².